The van der Waals surface area contributed by atoms with Gasteiger partial charge in [-0.2, -0.15) is 0 Å². The molecule has 0 spiro atoms. The predicted molar refractivity (Wildman–Crippen MR) is 86.0 cm³/mol. The van der Waals surface area contributed by atoms with Crippen molar-refractivity contribution in [2.75, 3.05) is 6.54 Å². The summed E-state index contributed by atoms with van der Waals surface area (Å²) in [5, 5.41) is 0. The molecule has 20 heavy (non-hydrogen) atoms. The molecule has 0 bridgehead atoms. The van der Waals surface area contributed by atoms with Crippen molar-refractivity contribution in [2.45, 2.75) is 53.0 Å². The van der Waals surface area contributed by atoms with Crippen LogP contribution in [0.3, 0.4) is 0 Å². The summed E-state index contributed by atoms with van der Waals surface area (Å²) in [5.74, 6) is 2.16. The maximum absolute atomic E-state index is 6.02. The van der Waals surface area contributed by atoms with E-state index in [1.54, 1.807) is 0 Å². The van der Waals surface area contributed by atoms with Gasteiger partial charge in [0.1, 0.15) is 5.82 Å². The second-order valence-corrected chi connectivity index (χ2v) is 6.18. The molecule has 0 aliphatic heterocycles. The van der Waals surface area contributed by atoms with Gasteiger partial charge < -0.3 is 10.3 Å². The van der Waals surface area contributed by atoms with E-state index in [1.807, 2.05) is 0 Å². The van der Waals surface area contributed by atoms with Gasteiger partial charge in [-0.05, 0) is 43.4 Å². The minimum Gasteiger partial charge on any atom is -0.330 e. The zero-order valence-corrected chi connectivity index (χ0v) is 13.2. The SMILES string of the molecule is CCCn1c(C(CN)CC(C)C)nc2cc(C)ccc21. The summed E-state index contributed by atoms with van der Waals surface area (Å²) in [5.41, 5.74) is 9.63. The third-order valence-electron chi connectivity index (χ3n) is 3.79. The van der Waals surface area contributed by atoms with Crippen LogP contribution in [-0.2, 0) is 6.54 Å². The Hall–Kier alpha value is -1.35. The lowest BCUT2D eigenvalue weighted by Gasteiger charge is -2.18. The molecule has 0 saturated heterocycles. The van der Waals surface area contributed by atoms with Crippen LogP contribution in [0.1, 0.15) is 50.9 Å². The largest absolute Gasteiger partial charge is 0.330 e. The molecule has 0 saturated carbocycles. The van der Waals surface area contributed by atoms with Crippen molar-refractivity contribution < 1.29 is 0 Å². The Bertz CT molecular complexity index is 569. The first-order valence-corrected chi connectivity index (χ1v) is 7.73. The first-order chi connectivity index (χ1) is 9.56. The van der Waals surface area contributed by atoms with Crippen LogP contribution in [0.4, 0.5) is 0 Å². The van der Waals surface area contributed by atoms with Crippen molar-refractivity contribution in [1.29, 1.82) is 0 Å². The normalized spacial score (nSPS) is 13.3. The summed E-state index contributed by atoms with van der Waals surface area (Å²) >= 11 is 0. The Kier molecular flexibility index (Phi) is 4.81. The van der Waals surface area contributed by atoms with Crippen LogP contribution in [0, 0.1) is 12.8 Å². The fraction of sp³-hybridized carbons (Fsp3) is 0.588. The van der Waals surface area contributed by atoms with Crippen LogP contribution in [0.5, 0.6) is 0 Å². The standard InChI is InChI=1S/C17H27N3/c1-5-8-20-16-7-6-13(4)10-15(16)19-17(20)14(11-18)9-12(2)3/h6-7,10,12,14H,5,8-9,11,18H2,1-4H3. The van der Waals surface area contributed by atoms with E-state index >= 15 is 0 Å². The number of rotatable bonds is 6. The van der Waals surface area contributed by atoms with Gasteiger partial charge in [-0.1, -0.05) is 26.8 Å². The second-order valence-electron chi connectivity index (χ2n) is 6.18. The molecule has 2 N–H and O–H groups in total. The molecule has 110 valence electrons. The van der Waals surface area contributed by atoms with Crippen molar-refractivity contribution in [3.05, 3.63) is 29.6 Å². The molecule has 0 fully saturated rings. The number of hydrogen-bond acceptors (Lipinski definition) is 2. The first kappa shape index (κ1) is 15.0. The van der Waals surface area contributed by atoms with Gasteiger partial charge in [-0.3, -0.25) is 0 Å². The van der Waals surface area contributed by atoms with Gasteiger partial charge in [0.15, 0.2) is 0 Å². The minimum absolute atomic E-state index is 0.356. The summed E-state index contributed by atoms with van der Waals surface area (Å²) in [6, 6.07) is 6.54. The molecule has 0 aliphatic carbocycles. The van der Waals surface area contributed by atoms with E-state index in [0.717, 1.165) is 24.9 Å². The van der Waals surface area contributed by atoms with Crippen LogP contribution < -0.4 is 5.73 Å². The van der Waals surface area contributed by atoms with Crippen molar-refractivity contribution in [2.24, 2.45) is 11.7 Å². The average Bonchev–Trinajstić information content (AvgIpc) is 2.74. The van der Waals surface area contributed by atoms with E-state index < -0.39 is 0 Å². The highest BCUT2D eigenvalue weighted by Crippen LogP contribution is 2.27. The molecule has 0 amide bonds. The summed E-state index contributed by atoms with van der Waals surface area (Å²) in [4.78, 5) is 4.90. The number of imidazole rings is 1. The zero-order chi connectivity index (χ0) is 14.7. The van der Waals surface area contributed by atoms with Crippen LogP contribution in [0.25, 0.3) is 11.0 Å². The third-order valence-corrected chi connectivity index (χ3v) is 3.79. The van der Waals surface area contributed by atoms with Gasteiger partial charge in [0.25, 0.3) is 0 Å². The maximum Gasteiger partial charge on any atom is 0.114 e. The number of nitrogens with two attached hydrogens (primary N) is 1. The number of benzene rings is 1. The van der Waals surface area contributed by atoms with Gasteiger partial charge in [0, 0.05) is 19.0 Å². The van der Waals surface area contributed by atoms with Gasteiger partial charge in [0.2, 0.25) is 0 Å². The molecule has 2 aromatic rings. The molecule has 1 aromatic carbocycles. The van der Waals surface area contributed by atoms with Crippen LogP contribution in [0.15, 0.2) is 18.2 Å². The molecule has 1 heterocycles. The summed E-state index contributed by atoms with van der Waals surface area (Å²) in [7, 11) is 0. The highest BCUT2D eigenvalue weighted by Gasteiger charge is 2.19. The highest BCUT2D eigenvalue weighted by atomic mass is 15.1. The van der Waals surface area contributed by atoms with Gasteiger partial charge in [-0.15, -0.1) is 0 Å². The number of aromatic nitrogens is 2. The number of fused-ring (bicyclic) bond motifs is 1. The highest BCUT2D eigenvalue weighted by molar-refractivity contribution is 5.77. The number of aryl methyl sites for hydroxylation is 2. The van der Waals surface area contributed by atoms with E-state index in [9.17, 15) is 0 Å². The Labute approximate surface area is 122 Å². The van der Waals surface area contributed by atoms with Crippen molar-refractivity contribution in [1.82, 2.24) is 9.55 Å². The molecule has 0 radical (unpaired) electrons. The molecule has 1 aromatic heterocycles. The number of nitrogens with zero attached hydrogens (tertiary/aromatic N) is 2. The fourth-order valence-corrected chi connectivity index (χ4v) is 2.90. The Morgan fingerprint density at radius 1 is 1.30 bits per heavy atom. The molecule has 3 nitrogen and oxygen atoms in total. The van der Waals surface area contributed by atoms with Gasteiger partial charge >= 0.3 is 0 Å². The molecular formula is C17H27N3. The van der Waals surface area contributed by atoms with E-state index in [-0.39, 0.29) is 0 Å². The molecule has 1 atom stereocenters. The van der Waals surface area contributed by atoms with E-state index in [2.05, 4.69) is 50.5 Å². The summed E-state index contributed by atoms with van der Waals surface area (Å²) in [6.45, 7) is 10.5. The number of hydrogen-bond donors (Lipinski definition) is 1. The van der Waals surface area contributed by atoms with E-state index in [4.69, 9.17) is 10.7 Å². The molecular weight excluding hydrogens is 246 g/mol. The van der Waals surface area contributed by atoms with Crippen LogP contribution in [-0.4, -0.2) is 16.1 Å². The van der Waals surface area contributed by atoms with Crippen molar-refractivity contribution in [3.8, 4) is 0 Å². The first-order valence-electron chi connectivity index (χ1n) is 7.73. The Morgan fingerprint density at radius 3 is 2.65 bits per heavy atom. The average molecular weight is 273 g/mol. The third kappa shape index (κ3) is 3.04. The molecule has 0 aliphatic rings. The van der Waals surface area contributed by atoms with Gasteiger partial charge in [0.05, 0.1) is 11.0 Å². The smallest absolute Gasteiger partial charge is 0.114 e. The van der Waals surface area contributed by atoms with E-state index in [1.165, 1.54) is 16.9 Å². The van der Waals surface area contributed by atoms with Crippen LogP contribution in [0.2, 0.25) is 0 Å². The second kappa shape index (κ2) is 6.40. The lowest BCUT2D eigenvalue weighted by atomic mass is 9.96. The Balaban J connectivity index is 2.52. The molecule has 1 unspecified atom stereocenters. The predicted octanol–water partition coefficient (Wildman–Crippen LogP) is 3.84. The van der Waals surface area contributed by atoms with Crippen LogP contribution >= 0.6 is 0 Å². The van der Waals surface area contributed by atoms with E-state index in [0.29, 0.717) is 18.4 Å². The van der Waals surface area contributed by atoms with Crippen molar-refractivity contribution >= 4 is 11.0 Å². The minimum atomic E-state index is 0.356. The summed E-state index contributed by atoms with van der Waals surface area (Å²) < 4.78 is 2.37. The monoisotopic (exact) mass is 273 g/mol. The topological polar surface area (TPSA) is 43.8 Å². The maximum atomic E-state index is 6.02. The quantitative estimate of drug-likeness (QED) is 0.869. The van der Waals surface area contributed by atoms with Crippen molar-refractivity contribution in [3.63, 3.8) is 0 Å². The molecule has 3 heteroatoms. The Morgan fingerprint density at radius 2 is 2.05 bits per heavy atom. The fourth-order valence-electron chi connectivity index (χ4n) is 2.90. The lowest BCUT2D eigenvalue weighted by Crippen LogP contribution is -2.19. The summed E-state index contributed by atoms with van der Waals surface area (Å²) in [6.07, 6.45) is 2.22. The van der Waals surface area contributed by atoms with Gasteiger partial charge in [-0.25, -0.2) is 4.98 Å². The lowest BCUT2D eigenvalue weighted by molar-refractivity contribution is 0.470. The zero-order valence-electron chi connectivity index (χ0n) is 13.2. The molecule has 2 rings (SSSR count).